The number of thiophene rings is 1. The minimum absolute atomic E-state index is 0.0363. The highest BCUT2D eigenvalue weighted by Crippen LogP contribution is 2.37. The van der Waals surface area contributed by atoms with Gasteiger partial charge in [0.1, 0.15) is 4.83 Å². The number of nitrogens with zero attached hydrogens (tertiary/aromatic N) is 1. The van der Waals surface area contributed by atoms with Crippen molar-refractivity contribution < 1.29 is 4.74 Å². The van der Waals surface area contributed by atoms with Crippen molar-refractivity contribution in [3.63, 3.8) is 0 Å². The van der Waals surface area contributed by atoms with Crippen molar-refractivity contribution in [2.24, 2.45) is 0 Å². The van der Waals surface area contributed by atoms with Gasteiger partial charge in [-0.25, -0.2) is 4.98 Å². The Morgan fingerprint density at radius 1 is 1.33 bits per heavy atom. The van der Waals surface area contributed by atoms with Gasteiger partial charge in [-0.05, 0) is 25.0 Å². The molecule has 124 valence electrons. The maximum absolute atomic E-state index is 12.6. The Labute approximate surface area is 148 Å². The number of fused-ring (bicyclic) bond motifs is 3. The summed E-state index contributed by atoms with van der Waals surface area (Å²) in [6, 6.07) is 10.2. The lowest BCUT2D eigenvalue weighted by molar-refractivity contribution is -0.0379. The molecule has 0 atom stereocenters. The van der Waals surface area contributed by atoms with E-state index in [-0.39, 0.29) is 11.2 Å². The van der Waals surface area contributed by atoms with Gasteiger partial charge < -0.3 is 9.72 Å². The van der Waals surface area contributed by atoms with E-state index in [0.29, 0.717) is 11.8 Å². The number of hydrogen-bond acceptors (Lipinski definition) is 5. The van der Waals surface area contributed by atoms with Crippen LogP contribution in [-0.2, 0) is 23.5 Å². The van der Waals surface area contributed by atoms with Crippen LogP contribution in [0, 0.1) is 0 Å². The van der Waals surface area contributed by atoms with Gasteiger partial charge in [0.15, 0.2) is 5.16 Å². The summed E-state index contributed by atoms with van der Waals surface area (Å²) < 4.78 is 5.86. The van der Waals surface area contributed by atoms with E-state index in [1.165, 1.54) is 5.56 Å². The van der Waals surface area contributed by atoms with E-state index in [4.69, 9.17) is 4.74 Å². The highest BCUT2D eigenvalue weighted by molar-refractivity contribution is 7.98. The first-order valence-electron chi connectivity index (χ1n) is 7.87. The quantitative estimate of drug-likeness (QED) is 0.565. The van der Waals surface area contributed by atoms with Gasteiger partial charge in [0, 0.05) is 17.1 Å². The Hall–Kier alpha value is -1.63. The molecule has 0 saturated heterocycles. The average Bonchev–Trinajstić information content (AvgIpc) is 2.91. The molecule has 0 bridgehead atoms. The van der Waals surface area contributed by atoms with Crippen LogP contribution in [-0.4, -0.2) is 15.6 Å². The fraction of sp³-hybridized carbons (Fsp3) is 0.333. The average molecular weight is 358 g/mol. The Morgan fingerprint density at radius 2 is 2.12 bits per heavy atom. The summed E-state index contributed by atoms with van der Waals surface area (Å²) in [6.07, 6.45) is 0.754. The number of hydrogen-bond donors (Lipinski definition) is 1. The fourth-order valence-electron chi connectivity index (χ4n) is 2.93. The lowest BCUT2D eigenvalue weighted by Gasteiger charge is -2.29. The zero-order valence-electron chi connectivity index (χ0n) is 13.6. The molecule has 3 aromatic rings. The molecule has 0 unspecified atom stereocenters. The summed E-state index contributed by atoms with van der Waals surface area (Å²) >= 11 is 3.14. The molecule has 3 heterocycles. The number of aromatic amines is 1. The summed E-state index contributed by atoms with van der Waals surface area (Å²) in [5.41, 5.74) is 2.06. The Kier molecular flexibility index (Phi) is 3.98. The molecule has 1 aliphatic rings. The van der Waals surface area contributed by atoms with E-state index >= 15 is 0 Å². The van der Waals surface area contributed by atoms with Crippen molar-refractivity contribution >= 4 is 33.3 Å². The maximum Gasteiger partial charge on any atom is 0.260 e. The van der Waals surface area contributed by atoms with Crippen LogP contribution in [0.1, 0.15) is 29.9 Å². The predicted octanol–water partition coefficient (Wildman–Crippen LogP) is 4.13. The third-order valence-electron chi connectivity index (χ3n) is 4.14. The lowest BCUT2D eigenvalue weighted by atomic mass is 9.94. The van der Waals surface area contributed by atoms with Crippen molar-refractivity contribution in [3.8, 4) is 0 Å². The van der Waals surface area contributed by atoms with Crippen LogP contribution in [0.3, 0.4) is 0 Å². The first-order chi connectivity index (χ1) is 11.5. The van der Waals surface area contributed by atoms with Gasteiger partial charge in [-0.1, -0.05) is 42.1 Å². The number of benzene rings is 1. The molecule has 0 aliphatic carbocycles. The highest BCUT2D eigenvalue weighted by Gasteiger charge is 2.30. The number of nitrogens with one attached hydrogen (secondary N) is 1. The molecule has 1 N–H and O–H groups in total. The molecule has 0 fully saturated rings. The number of H-pyrrole nitrogens is 1. The summed E-state index contributed by atoms with van der Waals surface area (Å²) in [5, 5.41) is 1.42. The molecule has 4 rings (SSSR count). The molecule has 0 radical (unpaired) electrons. The molecule has 24 heavy (non-hydrogen) atoms. The predicted molar refractivity (Wildman–Crippen MR) is 98.8 cm³/mol. The van der Waals surface area contributed by atoms with E-state index in [0.717, 1.165) is 32.8 Å². The largest absolute Gasteiger partial charge is 0.370 e. The first kappa shape index (κ1) is 15.9. The van der Waals surface area contributed by atoms with Gasteiger partial charge >= 0.3 is 0 Å². The monoisotopic (exact) mass is 358 g/mol. The molecule has 0 saturated carbocycles. The van der Waals surface area contributed by atoms with Crippen LogP contribution in [0.2, 0.25) is 0 Å². The topological polar surface area (TPSA) is 55.0 Å². The number of thioether (sulfide) groups is 1. The molecule has 1 aromatic carbocycles. The van der Waals surface area contributed by atoms with Crippen LogP contribution in [0.4, 0.5) is 0 Å². The Balaban J connectivity index is 1.67. The molecule has 4 nitrogen and oxygen atoms in total. The molecular formula is C18H18N2O2S2. The lowest BCUT2D eigenvalue weighted by Crippen LogP contribution is -2.31. The van der Waals surface area contributed by atoms with Crippen LogP contribution in [0.5, 0.6) is 0 Å². The second-order valence-electron chi connectivity index (χ2n) is 6.55. The molecular weight excluding hydrogens is 340 g/mol. The SMILES string of the molecule is CC1(C)Cc2c(sc3nc(SCc4ccccc4)[nH]c(=O)c23)CO1. The normalized spacial score (nSPS) is 16.2. The Morgan fingerprint density at radius 3 is 2.92 bits per heavy atom. The van der Waals surface area contributed by atoms with Gasteiger partial charge in [0.05, 0.1) is 17.6 Å². The van der Waals surface area contributed by atoms with Crippen LogP contribution in [0.15, 0.2) is 40.3 Å². The van der Waals surface area contributed by atoms with E-state index in [2.05, 4.69) is 35.9 Å². The molecule has 0 spiro atoms. The van der Waals surface area contributed by atoms with E-state index in [1.807, 2.05) is 18.2 Å². The van der Waals surface area contributed by atoms with E-state index in [1.54, 1.807) is 23.1 Å². The van der Waals surface area contributed by atoms with Gasteiger partial charge in [-0.15, -0.1) is 11.3 Å². The van der Waals surface area contributed by atoms with Crippen molar-refractivity contribution in [1.29, 1.82) is 0 Å². The minimum Gasteiger partial charge on any atom is -0.370 e. The number of ether oxygens (including phenoxy) is 1. The molecule has 0 amide bonds. The van der Waals surface area contributed by atoms with E-state index in [9.17, 15) is 4.79 Å². The van der Waals surface area contributed by atoms with Gasteiger partial charge in [0.25, 0.3) is 5.56 Å². The number of rotatable bonds is 3. The third-order valence-corrected chi connectivity index (χ3v) is 6.18. The second kappa shape index (κ2) is 6.02. The molecule has 1 aliphatic heterocycles. The third kappa shape index (κ3) is 3.01. The summed E-state index contributed by atoms with van der Waals surface area (Å²) in [4.78, 5) is 22.2. The molecule has 6 heteroatoms. The summed E-state index contributed by atoms with van der Waals surface area (Å²) in [5.74, 6) is 0.788. The fourth-order valence-corrected chi connectivity index (χ4v) is 4.90. The highest BCUT2D eigenvalue weighted by atomic mass is 32.2. The standard InChI is InChI=1S/C18H18N2O2S2/c1-18(2)8-12-13(9-22-18)24-16-14(12)15(21)19-17(20-16)23-10-11-6-4-3-5-7-11/h3-7H,8-10H2,1-2H3,(H,19,20,21). The summed E-state index contributed by atoms with van der Waals surface area (Å²) in [7, 11) is 0. The maximum atomic E-state index is 12.6. The smallest absolute Gasteiger partial charge is 0.260 e. The van der Waals surface area contributed by atoms with E-state index < -0.39 is 0 Å². The van der Waals surface area contributed by atoms with Gasteiger partial charge in [-0.2, -0.15) is 0 Å². The van der Waals surface area contributed by atoms with Gasteiger partial charge in [-0.3, -0.25) is 4.79 Å². The van der Waals surface area contributed by atoms with Crippen LogP contribution in [0.25, 0.3) is 10.2 Å². The van der Waals surface area contributed by atoms with Gasteiger partial charge in [0.2, 0.25) is 0 Å². The van der Waals surface area contributed by atoms with Crippen molar-refractivity contribution in [2.45, 2.75) is 43.4 Å². The number of aromatic nitrogens is 2. The van der Waals surface area contributed by atoms with Crippen molar-refractivity contribution in [3.05, 3.63) is 56.7 Å². The van der Waals surface area contributed by atoms with Crippen molar-refractivity contribution in [2.75, 3.05) is 0 Å². The first-order valence-corrected chi connectivity index (χ1v) is 9.67. The molecule has 2 aromatic heterocycles. The summed E-state index contributed by atoms with van der Waals surface area (Å²) in [6.45, 7) is 4.69. The zero-order valence-corrected chi connectivity index (χ0v) is 15.2. The minimum atomic E-state index is -0.228. The zero-order chi connectivity index (χ0) is 16.7. The second-order valence-corrected chi connectivity index (χ2v) is 8.60. The Bertz CT molecular complexity index is 945. The van der Waals surface area contributed by atoms with Crippen LogP contribution >= 0.6 is 23.1 Å². The van der Waals surface area contributed by atoms with Crippen LogP contribution < -0.4 is 5.56 Å². The van der Waals surface area contributed by atoms with Crippen molar-refractivity contribution in [1.82, 2.24) is 9.97 Å².